The van der Waals surface area contributed by atoms with Crippen molar-refractivity contribution < 1.29 is 26.7 Å². The molecular formula is C10H14F5NO. The quantitative estimate of drug-likeness (QED) is 0.698. The minimum absolute atomic E-state index is 0.0111. The Morgan fingerprint density at radius 2 is 1.76 bits per heavy atom. The first kappa shape index (κ1) is 14.2. The van der Waals surface area contributed by atoms with Crippen LogP contribution in [-0.4, -0.2) is 36.0 Å². The van der Waals surface area contributed by atoms with E-state index in [-0.39, 0.29) is 24.9 Å². The highest BCUT2D eigenvalue weighted by Gasteiger charge is 2.64. The van der Waals surface area contributed by atoms with E-state index in [4.69, 9.17) is 0 Å². The van der Waals surface area contributed by atoms with Gasteiger partial charge in [-0.1, -0.05) is 13.8 Å². The van der Waals surface area contributed by atoms with Crippen LogP contribution in [0.2, 0.25) is 0 Å². The van der Waals surface area contributed by atoms with E-state index in [9.17, 15) is 26.7 Å². The molecule has 100 valence electrons. The molecule has 2 nitrogen and oxygen atoms in total. The second-order valence-corrected chi connectivity index (χ2v) is 4.62. The molecule has 1 fully saturated rings. The van der Waals surface area contributed by atoms with Crippen molar-refractivity contribution in [2.45, 2.75) is 32.4 Å². The van der Waals surface area contributed by atoms with Crippen molar-refractivity contribution in [1.29, 1.82) is 0 Å². The van der Waals surface area contributed by atoms with Crippen molar-refractivity contribution in [3.63, 3.8) is 0 Å². The number of hydrogen-bond donors (Lipinski definition) is 0. The number of carbonyl (C=O) groups is 1. The Morgan fingerprint density at radius 1 is 1.24 bits per heavy atom. The summed E-state index contributed by atoms with van der Waals surface area (Å²) in [5.41, 5.74) is 0. The van der Waals surface area contributed by atoms with Crippen LogP contribution in [-0.2, 0) is 4.79 Å². The number of nitrogens with zero attached hydrogens (tertiary/aromatic N) is 1. The second-order valence-electron chi connectivity index (χ2n) is 4.62. The zero-order valence-electron chi connectivity index (χ0n) is 9.52. The van der Waals surface area contributed by atoms with Gasteiger partial charge in [0, 0.05) is 13.1 Å². The normalized spacial score (nSPS) is 22.4. The average molecular weight is 259 g/mol. The van der Waals surface area contributed by atoms with Crippen LogP contribution in [0.4, 0.5) is 22.0 Å². The maximum Gasteiger partial charge on any atom is 0.463 e. The van der Waals surface area contributed by atoms with Crippen molar-refractivity contribution in [2.75, 3.05) is 13.1 Å². The minimum Gasteiger partial charge on any atom is -0.337 e. The molecule has 1 unspecified atom stereocenters. The number of likely N-dealkylation sites (tertiary alicyclic amines) is 1. The summed E-state index contributed by atoms with van der Waals surface area (Å²) in [7, 11) is 0. The molecular weight excluding hydrogens is 245 g/mol. The highest BCUT2D eigenvalue weighted by atomic mass is 19.4. The fraction of sp³-hybridized carbons (Fsp3) is 0.900. The van der Waals surface area contributed by atoms with Gasteiger partial charge in [-0.05, 0) is 18.3 Å². The van der Waals surface area contributed by atoms with Crippen LogP contribution in [0.5, 0.6) is 0 Å². The molecule has 1 amide bonds. The highest BCUT2D eigenvalue weighted by molar-refractivity contribution is 5.84. The predicted octanol–water partition coefficient (Wildman–Crippen LogP) is 2.69. The fourth-order valence-electron chi connectivity index (χ4n) is 1.84. The van der Waals surface area contributed by atoms with Crippen molar-refractivity contribution in [3.8, 4) is 0 Å². The number of amides is 1. The lowest BCUT2D eigenvalue weighted by Crippen LogP contribution is -2.51. The monoisotopic (exact) mass is 259 g/mol. The molecule has 0 aromatic rings. The van der Waals surface area contributed by atoms with E-state index in [1.165, 1.54) is 0 Å². The van der Waals surface area contributed by atoms with Crippen molar-refractivity contribution in [3.05, 3.63) is 0 Å². The number of carbonyl (C=O) groups excluding carboxylic acids is 1. The molecule has 7 heteroatoms. The lowest BCUT2D eigenvalue weighted by molar-refractivity contribution is -0.274. The van der Waals surface area contributed by atoms with Gasteiger partial charge >= 0.3 is 18.0 Å². The summed E-state index contributed by atoms with van der Waals surface area (Å²) < 4.78 is 61.6. The summed E-state index contributed by atoms with van der Waals surface area (Å²) in [5, 5.41) is 0. The van der Waals surface area contributed by atoms with Crippen LogP contribution in [0.15, 0.2) is 0 Å². The van der Waals surface area contributed by atoms with E-state index < -0.39 is 18.0 Å². The van der Waals surface area contributed by atoms with Gasteiger partial charge in [0.2, 0.25) is 0 Å². The van der Waals surface area contributed by atoms with Crippen LogP contribution >= 0.6 is 0 Å². The van der Waals surface area contributed by atoms with Crippen LogP contribution in [0.3, 0.4) is 0 Å². The summed E-state index contributed by atoms with van der Waals surface area (Å²) in [6, 6.07) is 0. The summed E-state index contributed by atoms with van der Waals surface area (Å²) in [4.78, 5) is 11.7. The van der Waals surface area contributed by atoms with E-state index in [1.807, 2.05) is 13.8 Å². The molecule has 0 radical (unpaired) electrons. The Bertz CT molecular complexity index is 300. The number of alkyl halides is 5. The molecule has 0 N–H and O–H groups in total. The smallest absolute Gasteiger partial charge is 0.337 e. The lowest BCUT2D eigenvalue weighted by Gasteiger charge is -2.25. The Morgan fingerprint density at radius 3 is 2.12 bits per heavy atom. The van der Waals surface area contributed by atoms with Crippen LogP contribution in [0.25, 0.3) is 0 Å². The molecule has 17 heavy (non-hydrogen) atoms. The van der Waals surface area contributed by atoms with Gasteiger partial charge in [-0.25, -0.2) is 0 Å². The zero-order valence-corrected chi connectivity index (χ0v) is 9.52. The van der Waals surface area contributed by atoms with Crippen LogP contribution in [0, 0.1) is 11.8 Å². The number of halogens is 5. The third kappa shape index (κ3) is 2.69. The number of rotatable bonds is 2. The third-order valence-electron chi connectivity index (χ3n) is 3.08. The molecule has 1 saturated heterocycles. The Hall–Kier alpha value is -0.880. The van der Waals surface area contributed by atoms with Gasteiger partial charge in [-0.3, -0.25) is 4.79 Å². The summed E-state index contributed by atoms with van der Waals surface area (Å²) in [5.74, 6) is -7.26. The minimum atomic E-state index is -5.82. The molecule has 0 saturated carbocycles. The molecule has 0 aromatic carbocycles. The molecule has 1 heterocycles. The highest BCUT2D eigenvalue weighted by Crippen LogP contribution is 2.38. The average Bonchev–Trinajstić information content (AvgIpc) is 2.63. The molecule has 1 rings (SSSR count). The topological polar surface area (TPSA) is 20.3 Å². The van der Waals surface area contributed by atoms with E-state index in [1.54, 1.807) is 0 Å². The Labute approximate surface area is 95.8 Å². The summed E-state index contributed by atoms with van der Waals surface area (Å²) in [6.07, 6.45) is -5.35. The first-order valence-corrected chi connectivity index (χ1v) is 5.31. The summed E-state index contributed by atoms with van der Waals surface area (Å²) in [6.45, 7) is 3.64. The summed E-state index contributed by atoms with van der Waals surface area (Å²) >= 11 is 0. The van der Waals surface area contributed by atoms with E-state index in [0.29, 0.717) is 11.3 Å². The van der Waals surface area contributed by atoms with Gasteiger partial charge < -0.3 is 4.90 Å². The van der Waals surface area contributed by atoms with Gasteiger partial charge in [0.1, 0.15) is 0 Å². The first-order chi connectivity index (χ1) is 7.57. The lowest BCUT2D eigenvalue weighted by atomic mass is 9.95. The van der Waals surface area contributed by atoms with E-state index in [2.05, 4.69) is 0 Å². The standard InChI is InChI=1S/C10H14F5NO/c1-6(2)7-3-4-16(5-7)8(17)9(11,12)10(13,14)15/h6-7H,3-5H2,1-2H3. The molecule has 1 aliphatic rings. The van der Waals surface area contributed by atoms with Crippen molar-refractivity contribution in [1.82, 2.24) is 4.90 Å². The molecule has 0 bridgehead atoms. The first-order valence-electron chi connectivity index (χ1n) is 5.31. The fourth-order valence-corrected chi connectivity index (χ4v) is 1.84. The third-order valence-corrected chi connectivity index (χ3v) is 3.08. The zero-order chi connectivity index (χ0) is 13.4. The van der Waals surface area contributed by atoms with Crippen molar-refractivity contribution in [2.24, 2.45) is 11.8 Å². The Kier molecular flexibility index (Phi) is 3.69. The van der Waals surface area contributed by atoms with Gasteiger partial charge in [-0.15, -0.1) is 0 Å². The van der Waals surface area contributed by atoms with E-state index in [0.717, 1.165) is 0 Å². The predicted molar refractivity (Wildman–Crippen MR) is 50.5 cm³/mol. The van der Waals surface area contributed by atoms with Gasteiger partial charge in [0.25, 0.3) is 0 Å². The molecule has 1 aliphatic heterocycles. The molecule has 1 atom stereocenters. The number of hydrogen-bond acceptors (Lipinski definition) is 1. The second kappa shape index (κ2) is 4.42. The molecule has 0 aliphatic carbocycles. The van der Waals surface area contributed by atoms with Gasteiger partial charge in [-0.2, -0.15) is 22.0 Å². The van der Waals surface area contributed by atoms with E-state index >= 15 is 0 Å². The molecule has 0 spiro atoms. The largest absolute Gasteiger partial charge is 0.463 e. The van der Waals surface area contributed by atoms with Crippen LogP contribution < -0.4 is 0 Å². The molecule has 0 aromatic heterocycles. The maximum absolute atomic E-state index is 12.8. The van der Waals surface area contributed by atoms with Crippen molar-refractivity contribution >= 4 is 5.91 Å². The van der Waals surface area contributed by atoms with Gasteiger partial charge in [0.05, 0.1) is 0 Å². The SMILES string of the molecule is CC(C)C1CCN(C(=O)C(F)(F)C(F)(F)F)C1. The Balaban J connectivity index is 2.73. The van der Waals surface area contributed by atoms with Crippen LogP contribution in [0.1, 0.15) is 20.3 Å². The maximum atomic E-state index is 12.8. The van der Waals surface area contributed by atoms with Gasteiger partial charge in [0.15, 0.2) is 0 Å².